The molecule has 0 fully saturated rings. The maximum atomic E-state index is 11.5. The Balaban J connectivity index is 2.50. The van der Waals surface area contributed by atoms with Gasteiger partial charge in [0.25, 0.3) is 5.69 Å². The third kappa shape index (κ3) is 4.62. The molecule has 0 saturated heterocycles. The van der Waals surface area contributed by atoms with E-state index in [4.69, 9.17) is 5.11 Å². The van der Waals surface area contributed by atoms with Gasteiger partial charge in [-0.25, -0.2) is 4.79 Å². The summed E-state index contributed by atoms with van der Waals surface area (Å²) in [4.78, 5) is 32.8. The standard InChI is InChI=1S/C11H13N3O5/c1-13(7-10(15)16)11(17)12-6-8-2-4-9(5-3-8)14(18)19/h2-5H,6-7H2,1H3,(H,12,17)(H,15,16). The van der Waals surface area contributed by atoms with Crippen LogP contribution in [0.1, 0.15) is 5.56 Å². The zero-order valence-electron chi connectivity index (χ0n) is 10.2. The molecule has 0 spiro atoms. The summed E-state index contributed by atoms with van der Waals surface area (Å²) < 4.78 is 0. The summed E-state index contributed by atoms with van der Waals surface area (Å²) in [5.74, 6) is -1.10. The SMILES string of the molecule is CN(CC(=O)O)C(=O)NCc1ccc([N+](=O)[O-])cc1. The highest BCUT2D eigenvalue weighted by molar-refractivity contribution is 5.79. The number of nitro benzene ring substituents is 1. The van der Waals surface area contributed by atoms with Crippen molar-refractivity contribution in [1.29, 1.82) is 0 Å². The monoisotopic (exact) mass is 267 g/mol. The van der Waals surface area contributed by atoms with Crippen molar-refractivity contribution in [2.24, 2.45) is 0 Å². The van der Waals surface area contributed by atoms with E-state index in [0.29, 0.717) is 5.56 Å². The van der Waals surface area contributed by atoms with Crippen LogP contribution in [0.15, 0.2) is 24.3 Å². The van der Waals surface area contributed by atoms with Crippen LogP contribution < -0.4 is 5.32 Å². The van der Waals surface area contributed by atoms with E-state index in [-0.39, 0.29) is 12.2 Å². The zero-order valence-corrected chi connectivity index (χ0v) is 10.2. The highest BCUT2D eigenvalue weighted by Gasteiger charge is 2.11. The first-order chi connectivity index (χ1) is 8.90. The van der Waals surface area contributed by atoms with Crippen molar-refractivity contribution in [3.8, 4) is 0 Å². The van der Waals surface area contributed by atoms with Crippen molar-refractivity contribution >= 4 is 17.7 Å². The Morgan fingerprint density at radius 3 is 2.42 bits per heavy atom. The predicted molar refractivity (Wildman–Crippen MR) is 65.6 cm³/mol. The highest BCUT2D eigenvalue weighted by Crippen LogP contribution is 2.11. The molecule has 2 amide bonds. The number of benzene rings is 1. The molecule has 0 aliphatic rings. The Hall–Kier alpha value is -2.64. The third-order valence-electron chi connectivity index (χ3n) is 2.31. The summed E-state index contributed by atoms with van der Waals surface area (Å²) in [7, 11) is 1.36. The second-order valence-electron chi connectivity index (χ2n) is 3.83. The van der Waals surface area contributed by atoms with Crippen molar-refractivity contribution < 1.29 is 19.6 Å². The summed E-state index contributed by atoms with van der Waals surface area (Å²) in [6.07, 6.45) is 0. The molecule has 8 heteroatoms. The second-order valence-corrected chi connectivity index (χ2v) is 3.83. The molecule has 0 aliphatic heterocycles. The average Bonchev–Trinajstić information content (AvgIpc) is 2.35. The number of aliphatic carboxylic acids is 1. The first-order valence-electron chi connectivity index (χ1n) is 5.34. The number of carboxylic acid groups (broad SMARTS) is 1. The van der Waals surface area contributed by atoms with Gasteiger partial charge in [-0.1, -0.05) is 12.1 Å². The quantitative estimate of drug-likeness (QED) is 0.605. The van der Waals surface area contributed by atoms with Crippen molar-refractivity contribution in [2.45, 2.75) is 6.54 Å². The van der Waals surface area contributed by atoms with Crippen molar-refractivity contribution in [1.82, 2.24) is 10.2 Å². The second kappa shape index (κ2) is 6.34. The van der Waals surface area contributed by atoms with Crippen LogP contribution in [-0.2, 0) is 11.3 Å². The van der Waals surface area contributed by atoms with Crippen LogP contribution >= 0.6 is 0 Å². The molecule has 0 heterocycles. The Morgan fingerprint density at radius 2 is 1.95 bits per heavy atom. The molecule has 0 unspecified atom stereocenters. The first-order valence-corrected chi connectivity index (χ1v) is 5.34. The Morgan fingerprint density at radius 1 is 1.37 bits per heavy atom. The van der Waals surface area contributed by atoms with Gasteiger partial charge in [0, 0.05) is 25.7 Å². The fourth-order valence-electron chi connectivity index (χ4n) is 1.32. The van der Waals surface area contributed by atoms with E-state index in [1.165, 1.54) is 31.3 Å². The number of carbonyl (C=O) groups is 2. The van der Waals surface area contributed by atoms with Crippen LogP contribution in [0.5, 0.6) is 0 Å². The molecule has 102 valence electrons. The van der Waals surface area contributed by atoms with Crippen molar-refractivity contribution in [2.75, 3.05) is 13.6 Å². The maximum absolute atomic E-state index is 11.5. The molecule has 1 rings (SSSR count). The van der Waals surface area contributed by atoms with Crippen LogP contribution in [0.3, 0.4) is 0 Å². The molecule has 1 aromatic rings. The van der Waals surface area contributed by atoms with E-state index in [9.17, 15) is 19.7 Å². The first kappa shape index (κ1) is 14.4. The third-order valence-corrected chi connectivity index (χ3v) is 2.31. The molecule has 2 N–H and O–H groups in total. The van der Waals surface area contributed by atoms with Gasteiger partial charge in [0.15, 0.2) is 0 Å². The fraction of sp³-hybridized carbons (Fsp3) is 0.273. The van der Waals surface area contributed by atoms with Gasteiger partial charge in [0.1, 0.15) is 6.54 Å². The fourth-order valence-corrected chi connectivity index (χ4v) is 1.32. The molecule has 1 aromatic carbocycles. The molecule has 8 nitrogen and oxygen atoms in total. The van der Waals surface area contributed by atoms with Crippen molar-refractivity contribution in [3.63, 3.8) is 0 Å². The van der Waals surface area contributed by atoms with E-state index < -0.39 is 23.5 Å². The average molecular weight is 267 g/mol. The lowest BCUT2D eigenvalue weighted by Crippen LogP contribution is -2.39. The number of urea groups is 1. The van der Waals surface area contributed by atoms with Crippen LogP contribution in [0.2, 0.25) is 0 Å². The van der Waals surface area contributed by atoms with Gasteiger partial charge in [-0.05, 0) is 5.56 Å². The Labute approximate surface area is 108 Å². The number of nitrogens with one attached hydrogen (secondary N) is 1. The van der Waals surface area contributed by atoms with Crippen LogP contribution in [0, 0.1) is 10.1 Å². The molecule has 19 heavy (non-hydrogen) atoms. The lowest BCUT2D eigenvalue weighted by atomic mass is 10.2. The maximum Gasteiger partial charge on any atom is 0.323 e. The molecular weight excluding hydrogens is 254 g/mol. The largest absolute Gasteiger partial charge is 0.480 e. The minimum absolute atomic E-state index is 0.0296. The topological polar surface area (TPSA) is 113 Å². The predicted octanol–water partition coefficient (Wildman–Crippen LogP) is 0.821. The molecule has 0 aliphatic carbocycles. The summed E-state index contributed by atoms with van der Waals surface area (Å²) in [6.45, 7) is -0.229. The molecular formula is C11H13N3O5. The van der Waals surface area contributed by atoms with Crippen LogP contribution in [-0.4, -0.2) is 40.5 Å². The number of carbonyl (C=O) groups excluding carboxylic acids is 1. The highest BCUT2D eigenvalue weighted by atomic mass is 16.6. The number of non-ortho nitro benzene ring substituents is 1. The molecule has 0 bridgehead atoms. The number of carboxylic acids is 1. The number of likely N-dealkylation sites (N-methyl/N-ethyl adjacent to an activating group) is 1. The molecule has 0 radical (unpaired) electrons. The van der Waals surface area contributed by atoms with Gasteiger partial charge < -0.3 is 15.3 Å². The van der Waals surface area contributed by atoms with Gasteiger partial charge >= 0.3 is 12.0 Å². The zero-order chi connectivity index (χ0) is 14.4. The van der Waals surface area contributed by atoms with E-state index in [1.54, 1.807) is 0 Å². The number of rotatable bonds is 5. The minimum atomic E-state index is -1.10. The van der Waals surface area contributed by atoms with Gasteiger partial charge in [0.05, 0.1) is 4.92 Å². The smallest absolute Gasteiger partial charge is 0.323 e. The molecule has 0 saturated carbocycles. The van der Waals surface area contributed by atoms with Gasteiger partial charge in [0.2, 0.25) is 0 Å². The Bertz CT molecular complexity index is 486. The van der Waals surface area contributed by atoms with E-state index in [2.05, 4.69) is 5.32 Å². The number of amides is 2. The molecule has 0 aromatic heterocycles. The number of hydrogen-bond acceptors (Lipinski definition) is 4. The summed E-state index contributed by atoms with van der Waals surface area (Å²) in [5.41, 5.74) is 0.653. The van der Waals surface area contributed by atoms with Crippen LogP contribution in [0.4, 0.5) is 10.5 Å². The van der Waals surface area contributed by atoms with E-state index >= 15 is 0 Å². The minimum Gasteiger partial charge on any atom is -0.480 e. The summed E-state index contributed by atoms with van der Waals surface area (Å²) >= 11 is 0. The number of hydrogen-bond donors (Lipinski definition) is 2. The number of nitro groups is 1. The lowest BCUT2D eigenvalue weighted by molar-refractivity contribution is -0.384. The van der Waals surface area contributed by atoms with Gasteiger partial charge in [-0.3, -0.25) is 14.9 Å². The van der Waals surface area contributed by atoms with Crippen LogP contribution in [0.25, 0.3) is 0 Å². The summed E-state index contributed by atoms with van der Waals surface area (Å²) in [6, 6.07) is 5.19. The van der Waals surface area contributed by atoms with E-state index in [0.717, 1.165) is 4.90 Å². The van der Waals surface area contributed by atoms with Gasteiger partial charge in [-0.2, -0.15) is 0 Å². The van der Waals surface area contributed by atoms with Gasteiger partial charge in [-0.15, -0.1) is 0 Å². The normalized spacial score (nSPS) is 9.74. The van der Waals surface area contributed by atoms with E-state index in [1.807, 2.05) is 0 Å². The molecule has 0 atom stereocenters. The summed E-state index contributed by atoms with van der Waals surface area (Å²) in [5, 5.41) is 21.5. The Kier molecular flexibility index (Phi) is 4.81. The van der Waals surface area contributed by atoms with Crippen molar-refractivity contribution in [3.05, 3.63) is 39.9 Å². The number of nitrogens with zero attached hydrogens (tertiary/aromatic N) is 2. The lowest BCUT2D eigenvalue weighted by Gasteiger charge is -2.15.